The Balaban J connectivity index is 1.84. The van der Waals surface area contributed by atoms with Gasteiger partial charge in [0.15, 0.2) is 6.10 Å². The number of esters is 1. The Bertz CT molecular complexity index is 1120. The number of cyclic esters (lactones) is 1. The lowest BCUT2D eigenvalue weighted by Gasteiger charge is -2.17. The first-order valence-corrected chi connectivity index (χ1v) is 8.81. The highest BCUT2D eigenvalue weighted by Gasteiger charge is 2.35. The first kappa shape index (κ1) is 17.4. The van der Waals surface area contributed by atoms with Gasteiger partial charge in [-0.05, 0) is 36.8 Å². The van der Waals surface area contributed by atoms with Crippen molar-refractivity contribution in [1.29, 1.82) is 0 Å². The van der Waals surface area contributed by atoms with Gasteiger partial charge in [-0.25, -0.2) is 4.79 Å². The summed E-state index contributed by atoms with van der Waals surface area (Å²) in [6.45, 7) is 2.03. The van der Waals surface area contributed by atoms with Gasteiger partial charge in [-0.15, -0.1) is 0 Å². The van der Waals surface area contributed by atoms with Gasteiger partial charge in [-0.3, -0.25) is 4.79 Å². The predicted octanol–water partition coefficient (Wildman–Crippen LogP) is 3.82. The third-order valence-corrected chi connectivity index (χ3v) is 4.94. The van der Waals surface area contributed by atoms with Crippen LogP contribution >= 0.6 is 11.6 Å². The van der Waals surface area contributed by atoms with Crippen LogP contribution in [0.25, 0.3) is 0 Å². The SMILES string of the molecule is Cc1cc(O)c(C2OC(=O)c3ccccc32)c(=O)n1Cc1cccc(Cl)c1. The molecule has 2 aromatic carbocycles. The first-order valence-electron chi connectivity index (χ1n) is 8.43. The Labute approximate surface area is 160 Å². The van der Waals surface area contributed by atoms with Crippen molar-refractivity contribution in [3.05, 3.63) is 97.9 Å². The molecule has 1 atom stereocenters. The number of rotatable bonds is 3. The molecule has 4 rings (SSSR count). The molecule has 0 spiro atoms. The molecule has 0 aliphatic carbocycles. The fourth-order valence-corrected chi connectivity index (χ4v) is 3.60. The van der Waals surface area contributed by atoms with Crippen LogP contribution in [0.15, 0.2) is 59.4 Å². The number of ether oxygens (including phenoxy) is 1. The number of hydrogen-bond acceptors (Lipinski definition) is 4. The smallest absolute Gasteiger partial charge is 0.339 e. The number of aromatic nitrogens is 1. The van der Waals surface area contributed by atoms with Crippen LogP contribution in [-0.2, 0) is 11.3 Å². The second-order valence-electron chi connectivity index (χ2n) is 6.48. The maximum atomic E-state index is 13.2. The quantitative estimate of drug-likeness (QED) is 0.700. The minimum atomic E-state index is -0.924. The van der Waals surface area contributed by atoms with E-state index in [-0.39, 0.29) is 11.3 Å². The third kappa shape index (κ3) is 3.00. The van der Waals surface area contributed by atoms with E-state index in [9.17, 15) is 14.7 Å². The van der Waals surface area contributed by atoms with Crippen LogP contribution < -0.4 is 5.56 Å². The Morgan fingerprint density at radius 3 is 2.67 bits per heavy atom. The first-order chi connectivity index (χ1) is 13.0. The molecule has 1 N–H and O–H groups in total. The molecule has 3 aromatic rings. The number of aryl methyl sites for hydroxylation is 1. The second kappa shape index (κ2) is 6.59. The Morgan fingerprint density at radius 1 is 1.11 bits per heavy atom. The second-order valence-corrected chi connectivity index (χ2v) is 6.91. The summed E-state index contributed by atoms with van der Waals surface area (Å²) < 4.78 is 6.95. The molecule has 5 nitrogen and oxygen atoms in total. The van der Waals surface area contributed by atoms with Crippen molar-refractivity contribution < 1.29 is 14.6 Å². The summed E-state index contributed by atoms with van der Waals surface area (Å²) in [6.07, 6.45) is -0.924. The lowest BCUT2D eigenvalue weighted by Crippen LogP contribution is -2.28. The molecule has 0 amide bonds. The molecule has 136 valence electrons. The van der Waals surface area contributed by atoms with Gasteiger partial charge in [0.25, 0.3) is 5.56 Å². The van der Waals surface area contributed by atoms with Gasteiger partial charge in [0, 0.05) is 16.3 Å². The van der Waals surface area contributed by atoms with Crippen LogP contribution in [0.2, 0.25) is 5.02 Å². The zero-order valence-electron chi connectivity index (χ0n) is 14.5. The number of hydrogen-bond donors (Lipinski definition) is 1. The largest absolute Gasteiger partial charge is 0.507 e. The zero-order valence-corrected chi connectivity index (χ0v) is 15.2. The van der Waals surface area contributed by atoms with E-state index in [0.29, 0.717) is 28.4 Å². The van der Waals surface area contributed by atoms with Gasteiger partial charge in [-0.2, -0.15) is 0 Å². The predicted molar refractivity (Wildman–Crippen MR) is 101 cm³/mol. The molecule has 0 radical (unpaired) electrons. The number of halogens is 1. The van der Waals surface area contributed by atoms with E-state index in [0.717, 1.165) is 5.56 Å². The minimum Gasteiger partial charge on any atom is -0.507 e. The molecule has 1 aliphatic heterocycles. The van der Waals surface area contributed by atoms with Crippen molar-refractivity contribution in [1.82, 2.24) is 4.57 Å². The number of pyridine rings is 1. The third-order valence-electron chi connectivity index (χ3n) is 4.70. The number of nitrogens with zero attached hydrogens (tertiary/aromatic N) is 1. The molecule has 1 aliphatic rings. The Morgan fingerprint density at radius 2 is 1.89 bits per heavy atom. The number of carbonyl (C=O) groups is 1. The summed E-state index contributed by atoms with van der Waals surface area (Å²) in [6, 6.07) is 15.6. The monoisotopic (exact) mass is 381 g/mol. The van der Waals surface area contributed by atoms with Gasteiger partial charge >= 0.3 is 5.97 Å². The normalized spacial score (nSPS) is 15.5. The van der Waals surface area contributed by atoms with Crippen molar-refractivity contribution in [3.63, 3.8) is 0 Å². The van der Waals surface area contributed by atoms with Crippen molar-refractivity contribution in [3.8, 4) is 5.75 Å². The molecule has 6 heteroatoms. The summed E-state index contributed by atoms with van der Waals surface area (Å²) in [5.74, 6) is -0.689. The number of aromatic hydroxyl groups is 1. The molecule has 1 unspecified atom stereocenters. The zero-order chi connectivity index (χ0) is 19.1. The van der Waals surface area contributed by atoms with Crippen LogP contribution in [0.4, 0.5) is 0 Å². The van der Waals surface area contributed by atoms with E-state index in [1.54, 1.807) is 43.3 Å². The Kier molecular flexibility index (Phi) is 4.24. The van der Waals surface area contributed by atoms with Crippen LogP contribution in [0.3, 0.4) is 0 Å². The number of fused-ring (bicyclic) bond motifs is 1. The standard InChI is InChI=1S/C21H16ClNO4/c1-12-9-17(24)18(19-15-7-2-3-8-16(15)21(26)27-19)20(25)23(12)11-13-5-4-6-14(22)10-13/h2-10,19,24H,11H2,1H3. The molecule has 0 saturated carbocycles. The van der Waals surface area contributed by atoms with Gasteiger partial charge in [-0.1, -0.05) is 41.9 Å². The summed E-state index contributed by atoms with van der Waals surface area (Å²) in [7, 11) is 0. The average molecular weight is 382 g/mol. The topological polar surface area (TPSA) is 68.5 Å². The van der Waals surface area contributed by atoms with Crippen molar-refractivity contribution in [2.24, 2.45) is 0 Å². The molecule has 2 heterocycles. The van der Waals surface area contributed by atoms with Crippen LogP contribution in [-0.4, -0.2) is 15.6 Å². The van der Waals surface area contributed by atoms with E-state index in [1.165, 1.54) is 10.6 Å². The molecule has 0 bridgehead atoms. The van der Waals surface area contributed by atoms with Crippen molar-refractivity contribution in [2.45, 2.75) is 19.6 Å². The minimum absolute atomic E-state index is 0.0564. The fourth-order valence-electron chi connectivity index (χ4n) is 3.39. The lowest BCUT2D eigenvalue weighted by atomic mass is 9.99. The van der Waals surface area contributed by atoms with Gasteiger partial charge in [0.1, 0.15) is 11.3 Å². The van der Waals surface area contributed by atoms with E-state index < -0.39 is 17.6 Å². The van der Waals surface area contributed by atoms with Crippen LogP contribution in [0, 0.1) is 6.92 Å². The summed E-state index contributed by atoms with van der Waals surface area (Å²) >= 11 is 6.04. The van der Waals surface area contributed by atoms with Gasteiger partial charge < -0.3 is 14.4 Å². The van der Waals surface area contributed by atoms with Crippen molar-refractivity contribution >= 4 is 17.6 Å². The Hall–Kier alpha value is -3.05. The summed E-state index contributed by atoms with van der Waals surface area (Å²) in [5, 5.41) is 11.0. The molecular formula is C21H16ClNO4. The maximum absolute atomic E-state index is 13.2. The van der Waals surface area contributed by atoms with E-state index >= 15 is 0 Å². The molecule has 27 heavy (non-hydrogen) atoms. The summed E-state index contributed by atoms with van der Waals surface area (Å²) in [4.78, 5) is 25.3. The highest BCUT2D eigenvalue weighted by molar-refractivity contribution is 6.30. The lowest BCUT2D eigenvalue weighted by molar-refractivity contribution is 0.0450. The van der Waals surface area contributed by atoms with E-state index in [4.69, 9.17) is 16.3 Å². The number of benzene rings is 2. The van der Waals surface area contributed by atoms with E-state index in [1.807, 2.05) is 12.1 Å². The van der Waals surface area contributed by atoms with E-state index in [2.05, 4.69) is 0 Å². The molecule has 1 aromatic heterocycles. The fraction of sp³-hybridized carbons (Fsp3) is 0.143. The molecule has 0 fully saturated rings. The maximum Gasteiger partial charge on any atom is 0.339 e. The summed E-state index contributed by atoms with van der Waals surface area (Å²) in [5.41, 5.74) is 2.09. The van der Waals surface area contributed by atoms with Crippen LogP contribution in [0.5, 0.6) is 5.75 Å². The highest BCUT2D eigenvalue weighted by atomic mass is 35.5. The van der Waals surface area contributed by atoms with Gasteiger partial charge in [0.05, 0.1) is 12.1 Å². The molecule has 0 saturated heterocycles. The van der Waals surface area contributed by atoms with Crippen LogP contribution in [0.1, 0.15) is 38.8 Å². The molecular weight excluding hydrogens is 366 g/mol. The van der Waals surface area contributed by atoms with Gasteiger partial charge in [0.2, 0.25) is 0 Å². The van der Waals surface area contributed by atoms with Crippen molar-refractivity contribution in [2.75, 3.05) is 0 Å². The average Bonchev–Trinajstić information content (AvgIpc) is 2.96. The number of carbonyl (C=O) groups excluding carboxylic acids is 1. The highest BCUT2D eigenvalue weighted by Crippen LogP contribution is 2.37.